The van der Waals surface area contributed by atoms with Crippen molar-refractivity contribution >= 4 is 21.9 Å². The minimum absolute atomic E-state index is 0.182. The van der Waals surface area contributed by atoms with E-state index in [9.17, 15) is 18.0 Å². The lowest BCUT2D eigenvalue weighted by atomic mass is 10.1. The lowest BCUT2D eigenvalue weighted by molar-refractivity contribution is -0.133. The van der Waals surface area contributed by atoms with Gasteiger partial charge in [0, 0.05) is 20.1 Å². The summed E-state index contributed by atoms with van der Waals surface area (Å²) in [5.41, 5.74) is 0.969. The highest BCUT2D eigenvalue weighted by atomic mass is 32.2. The molecule has 0 bridgehead atoms. The van der Waals surface area contributed by atoms with Gasteiger partial charge in [-0.15, -0.1) is 0 Å². The Morgan fingerprint density at radius 2 is 1.91 bits per heavy atom. The van der Waals surface area contributed by atoms with Crippen LogP contribution < -0.4 is 0 Å². The molecule has 1 atom stereocenters. The Labute approximate surface area is 135 Å². The molecule has 126 valence electrons. The minimum Gasteiger partial charge on any atom is -0.478 e. The fraction of sp³-hybridized carbons (Fsp3) is 0.467. The molecule has 1 N–H and O–H groups in total. The molecule has 1 saturated heterocycles. The molecule has 1 aromatic rings. The maximum atomic E-state index is 12.5. The Morgan fingerprint density at radius 1 is 1.30 bits per heavy atom. The summed E-state index contributed by atoms with van der Waals surface area (Å²) in [4.78, 5) is 24.8. The number of aromatic carboxylic acids is 1. The number of carbonyl (C=O) groups is 2. The van der Waals surface area contributed by atoms with E-state index in [1.54, 1.807) is 19.2 Å². The molecule has 1 aromatic carbocycles. The lowest BCUT2D eigenvalue weighted by Crippen LogP contribution is -2.45. The number of nitrogens with zero attached hydrogens (tertiary/aromatic N) is 2. The molecule has 1 heterocycles. The van der Waals surface area contributed by atoms with Gasteiger partial charge >= 0.3 is 5.97 Å². The Kier molecular flexibility index (Phi) is 5.06. The van der Waals surface area contributed by atoms with E-state index >= 15 is 0 Å². The van der Waals surface area contributed by atoms with Crippen LogP contribution in [0.4, 0.5) is 0 Å². The van der Waals surface area contributed by atoms with Crippen LogP contribution in [-0.2, 0) is 21.4 Å². The monoisotopic (exact) mass is 340 g/mol. The first kappa shape index (κ1) is 17.4. The summed E-state index contributed by atoms with van der Waals surface area (Å²) in [6.45, 7) is 0.670. The zero-order chi connectivity index (χ0) is 17.2. The highest BCUT2D eigenvalue weighted by Crippen LogP contribution is 2.22. The van der Waals surface area contributed by atoms with E-state index in [-0.39, 0.29) is 11.5 Å². The molecule has 0 unspecified atom stereocenters. The van der Waals surface area contributed by atoms with Crippen molar-refractivity contribution in [2.45, 2.75) is 25.4 Å². The number of likely N-dealkylation sites (N-methyl/N-ethyl adjacent to an activating group) is 1. The van der Waals surface area contributed by atoms with Gasteiger partial charge in [0.2, 0.25) is 15.9 Å². The quantitative estimate of drug-likeness (QED) is 0.854. The molecule has 1 aliphatic rings. The molecule has 0 aliphatic carbocycles. The average Bonchev–Trinajstić information content (AvgIpc) is 2.96. The molecule has 7 nitrogen and oxygen atoms in total. The second kappa shape index (κ2) is 6.67. The number of sulfonamides is 1. The van der Waals surface area contributed by atoms with Crippen LogP contribution in [-0.4, -0.2) is 60.5 Å². The summed E-state index contributed by atoms with van der Waals surface area (Å²) in [6.07, 6.45) is 2.31. The standard InChI is InChI=1S/C15H20N2O5S/c1-16(10-11-5-7-12(8-6-11)15(19)20)14(18)13-4-3-9-17(13)23(2,21)22/h5-8,13H,3-4,9-10H2,1-2H3,(H,19,20)/t13-/m1/s1. The van der Waals surface area contributed by atoms with E-state index in [2.05, 4.69) is 0 Å². The van der Waals surface area contributed by atoms with E-state index in [1.807, 2.05) is 0 Å². The molecule has 0 radical (unpaired) electrons. The van der Waals surface area contributed by atoms with Gasteiger partial charge < -0.3 is 10.0 Å². The highest BCUT2D eigenvalue weighted by Gasteiger charge is 2.37. The van der Waals surface area contributed by atoms with Crippen LogP contribution in [0.3, 0.4) is 0 Å². The molecule has 0 saturated carbocycles. The molecule has 1 amide bonds. The van der Waals surface area contributed by atoms with Gasteiger partial charge in [-0.25, -0.2) is 13.2 Å². The van der Waals surface area contributed by atoms with Crippen LogP contribution in [0.25, 0.3) is 0 Å². The van der Waals surface area contributed by atoms with Gasteiger partial charge in [-0.3, -0.25) is 4.79 Å². The van der Waals surface area contributed by atoms with E-state index in [0.29, 0.717) is 25.9 Å². The smallest absolute Gasteiger partial charge is 0.335 e. The number of carboxylic acid groups (broad SMARTS) is 1. The van der Waals surface area contributed by atoms with Crippen LogP contribution in [0.15, 0.2) is 24.3 Å². The van der Waals surface area contributed by atoms with Crippen LogP contribution in [0.5, 0.6) is 0 Å². The van der Waals surface area contributed by atoms with Crippen molar-refractivity contribution in [3.05, 3.63) is 35.4 Å². The molecule has 8 heteroatoms. The summed E-state index contributed by atoms with van der Waals surface area (Å²) in [5, 5.41) is 8.87. The molecular formula is C15H20N2O5S. The Hall–Kier alpha value is -1.93. The predicted octanol–water partition coefficient (Wildman–Crippen LogP) is 0.767. The number of carbonyl (C=O) groups excluding carboxylic acids is 1. The van der Waals surface area contributed by atoms with E-state index in [4.69, 9.17) is 5.11 Å². The first-order valence-corrected chi connectivity index (χ1v) is 9.09. The van der Waals surface area contributed by atoms with Crippen molar-refractivity contribution < 1.29 is 23.1 Å². The molecule has 0 spiro atoms. The van der Waals surface area contributed by atoms with Crippen molar-refractivity contribution in [2.24, 2.45) is 0 Å². The number of hydrogen-bond acceptors (Lipinski definition) is 4. The normalized spacial score (nSPS) is 18.8. The van der Waals surface area contributed by atoms with E-state index < -0.39 is 22.0 Å². The van der Waals surface area contributed by atoms with Crippen molar-refractivity contribution in [1.82, 2.24) is 9.21 Å². The molecular weight excluding hydrogens is 320 g/mol. The topological polar surface area (TPSA) is 95.0 Å². The summed E-state index contributed by atoms with van der Waals surface area (Å²) in [5.74, 6) is -1.24. The first-order valence-electron chi connectivity index (χ1n) is 7.24. The second-order valence-electron chi connectivity index (χ2n) is 5.73. The fourth-order valence-corrected chi connectivity index (χ4v) is 3.86. The number of hydrogen-bond donors (Lipinski definition) is 1. The van der Waals surface area contributed by atoms with Gasteiger partial charge in [-0.2, -0.15) is 4.31 Å². The Morgan fingerprint density at radius 3 is 2.43 bits per heavy atom. The Balaban J connectivity index is 2.06. The van der Waals surface area contributed by atoms with Crippen LogP contribution in [0.2, 0.25) is 0 Å². The van der Waals surface area contributed by atoms with Gasteiger partial charge in [-0.05, 0) is 30.5 Å². The largest absolute Gasteiger partial charge is 0.478 e. The summed E-state index contributed by atoms with van der Waals surface area (Å²) in [6, 6.07) is 5.61. The third kappa shape index (κ3) is 4.08. The highest BCUT2D eigenvalue weighted by molar-refractivity contribution is 7.88. The summed E-state index contributed by atoms with van der Waals surface area (Å²) >= 11 is 0. The van der Waals surface area contributed by atoms with Crippen molar-refractivity contribution in [2.75, 3.05) is 19.8 Å². The fourth-order valence-electron chi connectivity index (χ4n) is 2.74. The third-order valence-electron chi connectivity index (χ3n) is 3.91. The lowest BCUT2D eigenvalue weighted by Gasteiger charge is -2.26. The minimum atomic E-state index is -3.40. The molecule has 23 heavy (non-hydrogen) atoms. The van der Waals surface area contributed by atoms with Crippen LogP contribution in [0, 0.1) is 0 Å². The SMILES string of the molecule is CN(Cc1ccc(C(=O)O)cc1)C(=O)[C@H]1CCCN1S(C)(=O)=O. The number of benzene rings is 1. The maximum Gasteiger partial charge on any atom is 0.335 e. The zero-order valence-corrected chi connectivity index (χ0v) is 13.9. The van der Waals surface area contributed by atoms with Gasteiger partial charge in [0.05, 0.1) is 11.8 Å². The Bertz CT molecular complexity index is 699. The summed E-state index contributed by atoms with van der Waals surface area (Å²) < 4.78 is 24.7. The number of carboxylic acids is 1. The number of rotatable bonds is 5. The zero-order valence-electron chi connectivity index (χ0n) is 13.1. The third-order valence-corrected chi connectivity index (χ3v) is 5.20. The first-order chi connectivity index (χ1) is 10.7. The van der Waals surface area contributed by atoms with Gasteiger partial charge in [0.25, 0.3) is 0 Å². The predicted molar refractivity (Wildman–Crippen MR) is 84.4 cm³/mol. The van der Waals surface area contributed by atoms with Gasteiger partial charge in [0.15, 0.2) is 0 Å². The van der Waals surface area contributed by atoms with E-state index in [1.165, 1.54) is 21.3 Å². The molecule has 2 rings (SSSR count). The van der Waals surface area contributed by atoms with Gasteiger partial charge in [0.1, 0.15) is 6.04 Å². The van der Waals surface area contributed by atoms with Crippen LogP contribution in [0.1, 0.15) is 28.8 Å². The van der Waals surface area contributed by atoms with Crippen LogP contribution >= 0.6 is 0 Å². The second-order valence-corrected chi connectivity index (χ2v) is 7.66. The maximum absolute atomic E-state index is 12.5. The molecule has 1 aliphatic heterocycles. The molecule has 0 aromatic heterocycles. The number of amides is 1. The van der Waals surface area contributed by atoms with Crippen molar-refractivity contribution in [3.63, 3.8) is 0 Å². The summed E-state index contributed by atoms with van der Waals surface area (Å²) in [7, 11) is -1.78. The van der Waals surface area contributed by atoms with Crippen molar-refractivity contribution in [3.8, 4) is 0 Å². The van der Waals surface area contributed by atoms with Crippen molar-refractivity contribution in [1.29, 1.82) is 0 Å². The molecule has 1 fully saturated rings. The van der Waals surface area contributed by atoms with Gasteiger partial charge in [-0.1, -0.05) is 12.1 Å². The van der Waals surface area contributed by atoms with E-state index in [0.717, 1.165) is 11.8 Å². The average molecular weight is 340 g/mol.